The minimum absolute atomic E-state index is 0.169. The Morgan fingerprint density at radius 1 is 1.21 bits per heavy atom. The number of rotatable bonds is 2. The van der Waals surface area contributed by atoms with Crippen LogP contribution in [-0.4, -0.2) is 38.0 Å². The second kappa shape index (κ2) is 5.64. The van der Waals surface area contributed by atoms with Crippen molar-refractivity contribution >= 4 is 11.6 Å². The van der Waals surface area contributed by atoms with Crippen LogP contribution in [0.3, 0.4) is 0 Å². The summed E-state index contributed by atoms with van der Waals surface area (Å²) in [5.41, 5.74) is 1.87. The van der Waals surface area contributed by atoms with Crippen LogP contribution < -0.4 is 4.90 Å². The highest BCUT2D eigenvalue weighted by Crippen LogP contribution is 2.23. The van der Waals surface area contributed by atoms with Crippen LogP contribution in [0.2, 0.25) is 0 Å². The van der Waals surface area contributed by atoms with Gasteiger partial charge in [0.15, 0.2) is 0 Å². The lowest BCUT2D eigenvalue weighted by Crippen LogP contribution is -2.42. The van der Waals surface area contributed by atoms with Gasteiger partial charge in [0.1, 0.15) is 0 Å². The zero-order chi connectivity index (χ0) is 14.0. The number of hydrogen-bond acceptors (Lipinski definition) is 2. The molecule has 19 heavy (non-hydrogen) atoms. The fourth-order valence-electron chi connectivity index (χ4n) is 2.93. The lowest BCUT2D eigenvalue weighted by molar-refractivity contribution is 0.0623. The second-order valence-corrected chi connectivity index (χ2v) is 6.10. The third-order valence-electron chi connectivity index (χ3n) is 3.77. The third kappa shape index (κ3) is 3.28. The molecule has 0 spiro atoms. The number of carbonyl (C=O) groups excluding carboxylic acids is 1. The first kappa shape index (κ1) is 13.9. The first-order valence-electron chi connectivity index (χ1n) is 7.04. The lowest BCUT2D eigenvalue weighted by atomic mass is 9.91. The molecule has 1 amide bonds. The van der Waals surface area contributed by atoms with E-state index >= 15 is 0 Å². The summed E-state index contributed by atoms with van der Waals surface area (Å²) >= 11 is 0. The summed E-state index contributed by atoms with van der Waals surface area (Å²) in [5, 5.41) is 0. The minimum atomic E-state index is 0.169. The van der Waals surface area contributed by atoms with Gasteiger partial charge in [0.25, 0.3) is 5.91 Å². The van der Waals surface area contributed by atoms with Crippen LogP contribution in [0.4, 0.5) is 5.69 Å². The van der Waals surface area contributed by atoms with Crippen molar-refractivity contribution in [2.24, 2.45) is 11.8 Å². The van der Waals surface area contributed by atoms with Gasteiger partial charge in [-0.3, -0.25) is 4.79 Å². The topological polar surface area (TPSA) is 23.6 Å². The minimum Gasteiger partial charge on any atom is -0.378 e. The molecule has 0 aromatic heterocycles. The number of piperidine rings is 1. The number of benzene rings is 1. The van der Waals surface area contributed by atoms with Gasteiger partial charge in [0.2, 0.25) is 0 Å². The quantitative estimate of drug-likeness (QED) is 0.816. The fraction of sp³-hybridized carbons (Fsp3) is 0.562. The molecule has 0 saturated carbocycles. The largest absolute Gasteiger partial charge is 0.378 e. The van der Waals surface area contributed by atoms with Crippen molar-refractivity contribution in [2.75, 3.05) is 32.1 Å². The van der Waals surface area contributed by atoms with E-state index in [4.69, 9.17) is 0 Å². The average molecular weight is 260 g/mol. The maximum absolute atomic E-state index is 12.6. The van der Waals surface area contributed by atoms with Gasteiger partial charge in [-0.15, -0.1) is 0 Å². The van der Waals surface area contributed by atoms with E-state index < -0.39 is 0 Å². The molecule has 1 saturated heterocycles. The first-order valence-corrected chi connectivity index (χ1v) is 7.04. The zero-order valence-corrected chi connectivity index (χ0v) is 12.4. The van der Waals surface area contributed by atoms with E-state index in [9.17, 15) is 4.79 Å². The number of hydrogen-bond donors (Lipinski definition) is 0. The molecule has 1 heterocycles. The zero-order valence-electron chi connectivity index (χ0n) is 12.4. The molecule has 2 rings (SSSR count). The van der Waals surface area contributed by atoms with Crippen molar-refractivity contribution in [1.82, 2.24) is 4.90 Å². The van der Waals surface area contributed by atoms with E-state index in [1.165, 1.54) is 6.42 Å². The van der Waals surface area contributed by atoms with Crippen molar-refractivity contribution in [1.29, 1.82) is 0 Å². The fourth-order valence-corrected chi connectivity index (χ4v) is 2.93. The highest BCUT2D eigenvalue weighted by atomic mass is 16.2. The van der Waals surface area contributed by atoms with Crippen molar-refractivity contribution in [3.63, 3.8) is 0 Å². The Hall–Kier alpha value is -1.51. The third-order valence-corrected chi connectivity index (χ3v) is 3.77. The normalized spacial score (nSPS) is 23.3. The summed E-state index contributed by atoms with van der Waals surface area (Å²) in [7, 11) is 3.99. The van der Waals surface area contributed by atoms with Gasteiger partial charge in [-0.1, -0.05) is 19.9 Å². The monoisotopic (exact) mass is 260 g/mol. The number of nitrogens with zero attached hydrogens (tertiary/aromatic N) is 2. The predicted octanol–water partition coefficient (Wildman–Crippen LogP) is 2.87. The Kier molecular flexibility index (Phi) is 4.13. The molecule has 1 aliphatic rings. The molecule has 0 bridgehead atoms. The first-order chi connectivity index (χ1) is 8.97. The van der Waals surface area contributed by atoms with Crippen molar-refractivity contribution < 1.29 is 4.79 Å². The summed E-state index contributed by atoms with van der Waals surface area (Å²) in [4.78, 5) is 16.6. The molecule has 0 aliphatic carbocycles. The molecular weight excluding hydrogens is 236 g/mol. The molecule has 1 aliphatic heterocycles. The number of amides is 1. The SMILES string of the molecule is CC1CC(C)CN(C(=O)c2cccc(N(C)C)c2)C1. The maximum Gasteiger partial charge on any atom is 0.253 e. The van der Waals surface area contributed by atoms with E-state index in [0.717, 1.165) is 24.3 Å². The lowest BCUT2D eigenvalue weighted by Gasteiger charge is -2.35. The maximum atomic E-state index is 12.6. The molecule has 3 nitrogen and oxygen atoms in total. The van der Waals surface area contributed by atoms with Crippen LogP contribution >= 0.6 is 0 Å². The molecule has 3 heteroatoms. The van der Waals surface area contributed by atoms with Gasteiger partial charge in [0, 0.05) is 38.4 Å². The van der Waals surface area contributed by atoms with Crippen LogP contribution in [0.1, 0.15) is 30.6 Å². The summed E-state index contributed by atoms with van der Waals surface area (Å²) in [6.45, 7) is 6.23. The molecule has 104 valence electrons. The predicted molar refractivity (Wildman–Crippen MR) is 79.6 cm³/mol. The smallest absolute Gasteiger partial charge is 0.253 e. The molecule has 2 unspecified atom stereocenters. The summed E-state index contributed by atoms with van der Waals surface area (Å²) in [6, 6.07) is 7.88. The van der Waals surface area contributed by atoms with Gasteiger partial charge >= 0.3 is 0 Å². The standard InChI is InChI=1S/C16H24N2O/c1-12-8-13(2)11-18(10-12)16(19)14-6-5-7-15(9-14)17(3)4/h5-7,9,12-13H,8,10-11H2,1-4H3. The Morgan fingerprint density at radius 2 is 1.84 bits per heavy atom. The van der Waals surface area contributed by atoms with Crippen molar-refractivity contribution in [2.45, 2.75) is 20.3 Å². The summed E-state index contributed by atoms with van der Waals surface area (Å²) < 4.78 is 0. The Morgan fingerprint density at radius 3 is 2.42 bits per heavy atom. The van der Waals surface area contributed by atoms with Crippen LogP contribution in [-0.2, 0) is 0 Å². The van der Waals surface area contributed by atoms with Gasteiger partial charge < -0.3 is 9.80 Å². The van der Waals surface area contributed by atoms with E-state index in [-0.39, 0.29) is 5.91 Å². The molecule has 0 N–H and O–H groups in total. The number of anilines is 1. The highest BCUT2D eigenvalue weighted by Gasteiger charge is 2.26. The molecule has 1 fully saturated rings. The van der Waals surface area contributed by atoms with Crippen LogP contribution in [0.25, 0.3) is 0 Å². The van der Waals surface area contributed by atoms with Crippen LogP contribution in [0.5, 0.6) is 0 Å². The van der Waals surface area contributed by atoms with E-state index in [0.29, 0.717) is 11.8 Å². The summed E-state index contributed by atoms with van der Waals surface area (Å²) in [5.74, 6) is 1.37. The Labute approximate surface area is 116 Å². The number of likely N-dealkylation sites (tertiary alicyclic amines) is 1. The summed E-state index contributed by atoms with van der Waals surface area (Å²) in [6.07, 6.45) is 1.22. The van der Waals surface area contributed by atoms with Crippen molar-refractivity contribution in [3.8, 4) is 0 Å². The Balaban J connectivity index is 2.17. The average Bonchev–Trinajstić information content (AvgIpc) is 2.37. The second-order valence-electron chi connectivity index (χ2n) is 6.10. The molecular formula is C16H24N2O. The van der Waals surface area contributed by atoms with Gasteiger partial charge in [-0.2, -0.15) is 0 Å². The number of carbonyl (C=O) groups is 1. The van der Waals surface area contributed by atoms with Gasteiger partial charge in [-0.05, 0) is 36.5 Å². The van der Waals surface area contributed by atoms with Gasteiger partial charge in [-0.25, -0.2) is 0 Å². The molecule has 1 aromatic rings. The Bertz CT molecular complexity index is 446. The van der Waals surface area contributed by atoms with E-state index in [1.807, 2.05) is 48.2 Å². The molecule has 2 atom stereocenters. The van der Waals surface area contributed by atoms with Crippen LogP contribution in [0, 0.1) is 11.8 Å². The van der Waals surface area contributed by atoms with Gasteiger partial charge in [0.05, 0.1) is 0 Å². The highest BCUT2D eigenvalue weighted by molar-refractivity contribution is 5.95. The molecule has 1 aromatic carbocycles. The van der Waals surface area contributed by atoms with E-state index in [1.54, 1.807) is 0 Å². The molecule has 0 radical (unpaired) electrons. The van der Waals surface area contributed by atoms with Crippen LogP contribution in [0.15, 0.2) is 24.3 Å². The van der Waals surface area contributed by atoms with E-state index in [2.05, 4.69) is 13.8 Å². The van der Waals surface area contributed by atoms with Crippen molar-refractivity contribution in [3.05, 3.63) is 29.8 Å².